The summed E-state index contributed by atoms with van der Waals surface area (Å²) in [6.07, 6.45) is 1.87. The molecular weight excluding hydrogens is 324 g/mol. The van der Waals surface area contributed by atoms with E-state index >= 15 is 0 Å². The van der Waals surface area contributed by atoms with Crippen LogP contribution in [0.15, 0.2) is 24.3 Å². The second-order valence-corrected chi connectivity index (χ2v) is 9.18. The van der Waals surface area contributed by atoms with Crippen molar-refractivity contribution in [1.82, 2.24) is 9.80 Å². The summed E-state index contributed by atoms with van der Waals surface area (Å²) in [4.78, 5) is 29.2. The van der Waals surface area contributed by atoms with Crippen molar-refractivity contribution in [3.05, 3.63) is 35.4 Å². The maximum atomic E-state index is 13.2. The fourth-order valence-corrected chi connectivity index (χ4v) is 3.84. The Labute approximate surface area is 157 Å². The van der Waals surface area contributed by atoms with E-state index in [-0.39, 0.29) is 28.6 Å². The molecule has 1 heterocycles. The monoisotopic (exact) mass is 356 g/mol. The molecule has 1 aromatic carbocycles. The highest BCUT2D eigenvalue weighted by Crippen LogP contribution is 2.50. The van der Waals surface area contributed by atoms with Crippen LogP contribution in [-0.2, 0) is 20.4 Å². The van der Waals surface area contributed by atoms with Gasteiger partial charge in [0, 0.05) is 32.1 Å². The summed E-state index contributed by atoms with van der Waals surface area (Å²) >= 11 is 0. The molecule has 4 nitrogen and oxygen atoms in total. The molecule has 0 bridgehead atoms. The molecule has 2 aliphatic rings. The van der Waals surface area contributed by atoms with Crippen LogP contribution in [0.4, 0.5) is 0 Å². The highest BCUT2D eigenvalue weighted by molar-refractivity contribution is 5.91. The van der Waals surface area contributed by atoms with Crippen LogP contribution < -0.4 is 0 Å². The smallest absolute Gasteiger partial charge is 0.233 e. The summed E-state index contributed by atoms with van der Waals surface area (Å²) in [5.74, 6) is 0.460. The van der Waals surface area contributed by atoms with E-state index in [2.05, 4.69) is 45.0 Å². The van der Waals surface area contributed by atoms with Crippen molar-refractivity contribution in [1.29, 1.82) is 0 Å². The third-order valence-electron chi connectivity index (χ3n) is 5.84. The zero-order valence-electron chi connectivity index (χ0n) is 16.8. The standard InChI is InChI=1S/C22H32N2O2/c1-16(2)19(25)23-12-14-24(15-13-23)20(26)22(10-11-22)18-8-6-17(7-9-18)21(3,4)5/h6-9,16H,10-15H2,1-5H3. The molecule has 0 radical (unpaired) electrons. The van der Waals surface area contributed by atoms with Crippen LogP contribution in [0.3, 0.4) is 0 Å². The highest BCUT2D eigenvalue weighted by Gasteiger charge is 2.53. The van der Waals surface area contributed by atoms with Crippen LogP contribution in [0.2, 0.25) is 0 Å². The van der Waals surface area contributed by atoms with Crippen molar-refractivity contribution in [2.24, 2.45) is 5.92 Å². The van der Waals surface area contributed by atoms with Crippen molar-refractivity contribution in [2.45, 2.75) is 58.3 Å². The average molecular weight is 357 g/mol. The molecule has 26 heavy (non-hydrogen) atoms. The van der Waals surface area contributed by atoms with Crippen LogP contribution in [0.5, 0.6) is 0 Å². The molecule has 0 atom stereocenters. The van der Waals surface area contributed by atoms with E-state index in [1.165, 1.54) is 5.56 Å². The summed E-state index contributed by atoms with van der Waals surface area (Å²) in [6.45, 7) is 13.1. The van der Waals surface area contributed by atoms with Gasteiger partial charge in [-0.15, -0.1) is 0 Å². The maximum absolute atomic E-state index is 13.2. The Morgan fingerprint density at radius 2 is 1.42 bits per heavy atom. The van der Waals surface area contributed by atoms with Crippen molar-refractivity contribution in [2.75, 3.05) is 26.2 Å². The summed E-state index contributed by atoms with van der Waals surface area (Å²) < 4.78 is 0. The van der Waals surface area contributed by atoms with Gasteiger partial charge in [-0.2, -0.15) is 0 Å². The molecule has 0 spiro atoms. The van der Waals surface area contributed by atoms with E-state index < -0.39 is 0 Å². The van der Waals surface area contributed by atoms with Gasteiger partial charge < -0.3 is 9.80 Å². The molecule has 3 rings (SSSR count). The van der Waals surface area contributed by atoms with E-state index in [1.54, 1.807) is 0 Å². The molecule has 1 aliphatic carbocycles. The molecule has 0 aromatic heterocycles. The number of rotatable bonds is 3. The molecule has 0 unspecified atom stereocenters. The Morgan fingerprint density at radius 1 is 0.923 bits per heavy atom. The lowest BCUT2D eigenvalue weighted by atomic mass is 9.84. The number of carbonyl (C=O) groups is 2. The number of piperazine rings is 1. The largest absolute Gasteiger partial charge is 0.339 e. The van der Waals surface area contributed by atoms with E-state index in [4.69, 9.17) is 0 Å². The summed E-state index contributed by atoms with van der Waals surface area (Å²) in [5, 5.41) is 0. The van der Waals surface area contributed by atoms with Crippen LogP contribution in [0, 0.1) is 5.92 Å². The van der Waals surface area contributed by atoms with Gasteiger partial charge in [-0.25, -0.2) is 0 Å². The summed E-state index contributed by atoms with van der Waals surface area (Å²) in [6, 6.07) is 8.62. The van der Waals surface area contributed by atoms with E-state index in [0.29, 0.717) is 26.2 Å². The number of amides is 2. The minimum atomic E-state index is -0.319. The van der Waals surface area contributed by atoms with Gasteiger partial charge in [-0.05, 0) is 29.4 Å². The third-order valence-corrected chi connectivity index (χ3v) is 5.84. The van der Waals surface area contributed by atoms with E-state index in [1.807, 2.05) is 23.6 Å². The van der Waals surface area contributed by atoms with Gasteiger partial charge in [0.25, 0.3) is 0 Å². The Bertz CT molecular complexity index is 673. The minimum absolute atomic E-state index is 0.0216. The lowest BCUT2D eigenvalue weighted by Gasteiger charge is -2.37. The molecule has 2 amide bonds. The first-order chi connectivity index (χ1) is 12.1. The van der Waals surface area contributed by atoms with Gasteiger partial charge in [0.05, 0.1) is 5.41 Å². The molecule has 4 heteroatoms. The van der Waals surface area contributed by atoms with Crippen LogP contribution in [0.1, 0.15) is 58.6 Å². The van der Waals surface area contributed by atoms with Crippen LogP contribution in [-0.4, -0.2) is 47.8 Å². The van der Waals surface area contributed by atoms with Gasteiger partial charge in [0.1, 0.15) is 0 Å². The number of hydrogen-bond donors (Lipinski definition) is 0. The third kappa shape index (κ3) is 3.51. The predicted molar refractivity (Wildman–Crippen MR) is 104 cm³/mol. The lowest BCUT2D eigenvalue weighted by molar-refractivity contribution is -0.142. The van der Waals surface area contributed by atoms with Gasteiger partial charge in [-0.3, -0.25) is 9.59 Å². The number of hydrogen-bond acceptors (Lipinski definition) is 2. The highest BCUT2D eigenvalue weighted by atomic mass is 16.2. The second kappa shape index (κ2) is 6.71. The molecule has 1 saturated heterocycles. The number of nitrogens with zero attached hydrogens (tertiary/aromatic N) is 2. The molecule has 1 aliphatic heterocycles. The molecular formula is C22H32N2O2. The molecule has 1 aromatic rings. The Balaban J connectivity index is 1.68. The van der Waals surface area contributed by atoms with Gasteiger partial charge in [0.15, 0.2) is 0 Å². The van der Waals surface area contributed by atoms with Crippen molar-refractivity contribution in [3.63, 3.8) is 0 Å². The maximum Gasteiger partial charge on any atom is 0.233 e. The number of benzene rings is 1. The molecule has 1 saturated carbocycles. The first-order valence-corrected chi connectivity index (χ1v) is 9.84. The van der Waals surface area contributed by atoms with Crippen molar-refractivity contribution in [3.8, 4) is 0 Å². The number of carbonyl (C=O) groups excluding carboxylic acids is 2. The SMILES string of the molecule is CC(C)C(=O)N1CCN(C(=O)C2(c3ccc(C(C)(C)C)cc3)CC2)CC1. The zero-order valence-corrected chi connectivity index (χ0v) is 16.8. The Morgan fingerprint density at radius 3 is 1.85 bits per heavy atom. The average Bonchev–Trinajstić information content (AvgIpc) is 3.42. The predicted octanol–water partition coefficient (Wildman–Crippen LogP) is 3.34. The molecule has 2 fully saturated rings. The van der Waals surface area contributed by atoms with Crippen LogP contribution in [0.25, 0.3) is 0 Å². The quantitative estimate of drug-likeness (QED) is 0.833. The van der Waals surface area contributed by atoms with E-state index in [9.17, 15) is 9.59 Å². The second-order valence-electron chi connectivity index (χ2n) is 9.18. The van der Waals surface area contributed by atoms with Gasteiger partial charge in [0.2, 0.25) is 11.8 Å². The molecule has 142 valence electrons. The van der Waals surface area contributed by atoms with Crippen LogP contribution >= 0.6 is 0 Å². The van der Waals surface area contributed by atoms with Gasteiger partial charge in [-0.1, -0.05) is 58.9 Å². The Hall–Kier alpha value is -1.84. The summed E-state index contributed by atoms with van der Waals surface area (Å²) in [7, 11) is 0. The fraction of sp³-hybridized carbons (Fsp3) is 0.636. The lowest BCUT2D eigenvalue weighted by Crippen LogP contribution is -2.53. The topological polar surface area (TPSA) is 40.6 Å². The molecule has 0 N–H and O–H groups in total. The fourth-order valence-electron chi connectivity index (χ4n) is 3.84. The van der Waals surface area contributed by atoms with Crippen molar-refractivity contribution < 1.29 is 9.59 Å². The Kier molecular flexibility index (Phi) is 4.89. The van der Waals surface area contributed by atoms with Gasteiger partial charge >= 0.3 is 0 Å². The van der Waals surface area contributed by atoms with E-state index in [0.717, 1.165) is 18.4 Å². The first-order valence-electron chi connectivity index (χ1n) is 9.84. The first kappa shape index (κ1) is 18.9. The summed E-state index contributed by atoms with van der Waals surface area (Å²) in [5.41, 5.74) is 2.25. The van der Waals surface area contributed by atoms with Crippen molar-refractivity contribution >= 4 is 11.8 Å². The normalized spacial score (nSPS) is 19.6. The minimum Gasteiger partial charge on any atom is -0.339 e. The zero-order chi connectivity index (χ0) is 19.1.